The Bertz CT molecular complexity index is 1380. The number of aliphatic carboxylic acids is 1. The largest absolute Gasteiger partial charge is 0.481 e. The predicted octanol–water partition coefficient (Wildman–Crippen LogP) is 6.93. The highest BCUT2D eigenvalue weighted by Crippen LogP contribution is 2.59. The normalized spacial score (nSPS) is 17.5. The molecule has 0 heterocycles. The molecule has 0 aromatic heterocycles. The Kier molecular flexibility index (Phi) is 3.74. The van der Waals surface area contributed by atoms with Crippen molar-refractivity contribution in [2.45, 2.75) is 38.0 Å². The predicted molar refractivity (Wildman–Crippen MR) is 126 cm³/mol. The second-order valence-corrected chi connectivity index (χ2v) is 9.54. The molecule has 0 bridgehead atoms. The first-order chi connectivity index (χ1) is 15.0. The van der Waals surface area contributed by atoms with Crippen LogP contribution in [0.15, 0.2) is 72.8 Å². The number of carbonyl (C=O) groups is 1. The van der Waals surface area contributed by atoms with Gasteiger partial charge >= 0.3 is 5.97 Å². The fourth-order valence-corrected chi connectivity index (χ4v) is 6.15. The lowest BCUT2D eigenvalue weighted by Gasteiger charge is -2.27. The first kappa shape index (κ1) is 18.4. The molecule has 0 amide bonds. The molecule has 31 heavy (non-hydrogen) atoms. The highest BCUT2D eigenvalue weighted by Gasteiger charge is 2.42. The van der Waals surface area contributed by atoms with E-state index in [9.17, 15) is 9.90 Å². The minimum Gasteiger partial charge on any atom is -0.481 e. The number of benzene rings is 4. The summed E-state index contributed by atoms with van der Waals surface area (Å²) in [5.41, 5.74) is 9.96. The van der Waals surface area contributed by atoms with E-state index in [4.69, 9.17) is 0 Å². The average molecular weight is 405 g/mol. The molecule has 0 fully saturated rings. The van der Waals surface area contributed by atoms with Gasteiger partial charge in [-0.1, -0.05) is 86.6 Å². The molecule has 1 atom stereocenters. The maximum Gasteiger partial charge on any atom is 0.304 e. The highest BCUT2D eigenvalue weighted by molar-refractivity contribution is 6.11. The van der Waals surface area contributed by atoms with Crippen molar-refractivity contribution in [1.29, 1.82) is 0 Å². The van der Waals surface area contributed by atoms with Gasteiger partial charge in [0.05, 0.1) is 6.42 Å². The molecule has 2 nitrogen and oxygen atoms in total. The first-order valence-corrected chi connectivity index (χ1v) is 11.0. The van der Waals surface area contributed by atoms with E-state index in [1.54, 1.807) is 0 Å². The van der Waals surface area contributed by atoms with Crippen molar-refractivity contribution in [3.63, 3.8) is 0 Å². The van der Waals surface area contributed by atoms with E-state index in [1.807, 2.05) is 12.1 Å². The van der Waals surface area contributed by atoms with E-state index in [-0.39, 0.29) is 17.8 Å². The van der Waals surface area contributed by atoms with Gasteiger partial charge in [0, 0.05) is 5.92 Å². The molecular weight excluding hydrogens is 380 g/mol. The molecule has 2 heteroatoms. The third kappa shape index (κ3) is 2.48. The number of rotatable bonds is 3. The maximum absolute atomic E-state index is 12.0. The van der Waals surface area contributed by atoms with Crippen LogP contribution in [-0.4, -0.2) is 11.1 Å². The monoisotopic (exact) mass is 404 g/mol. The number of fused-ring (bicyclic) bond motifs is 4. The van der Waals surface area contributed by atoms with Crippen LogP contribution in [0.1, 0.15) is 48.4 Å². The van der Waals surface area contributed by atoms with Crippen molar-refractivity contribution in [3.8, 4) is 22.3 Å². The third-order valence-corrected chi connectivity index (χ3v) is 7.16. The summed E-state index contributed by atoms with van der Waals surface area (Å²) in [5, 5.41) is 12.5. The minimum atomic E-state index is -0.745. The smallest absolute Gasteiger partial charge is 0.304 e. The Morgan fingerprint density at radius 2 is 1.68 bits per heavy atom. The van der Waals surface area contributed by atoms with Crippen molar-refractivity contribution < 1.29 is 9.90 Å². The summed E-state index contributed by atoms with van der Waals surface area (Å²) in [6.45, 7) is 4.62. The lowest BCUT2D eigenvalue weighted by Crippen LogP contribution is -2.19. The molecule has 0 aliphatic heterocycles. The molecule has 152 valence electrons. The van der Waals surface area contributed by atoms with Crippen molar-refractivity contribution in [3.05, 3.63) is 95.1 Å². The quantitative estimate of drug-likeness (QED) is 0.402. The average Bonchev–Trinajstić information content (AvgIpc) is 3.21. The number of carboxylic acids is 1. The van der Waals surface area contributed by atoms with Gasteiger partial charge in [-0.05, 0) is 67.1 Å². The van der Waals surface area contributed by atoms with Crippen LogP contribution in [0, 0.1) is 0 Å². The van der Waals surface area contributed by atoms with E-state index in [2.05, 4.69) is 74.5 Å². The highest BCUT2D eigenvalue weighted by atomic mass is 16.4. The summed E-state index contributed by atoms with van der Waals surface area (Å²) >= 11 is 0. The van der Waals surface area contributed by atoms with Gasteiger partial charge < -0.3 is 5.11 Å². The zero-order chi connectivity index (χ0) is 21.3. The molecule has 0 saturated heterocycles. The van der Waals surface area contributed by atoms with Gasteiger partial charge in [0.25, 0.3) is 0 Å². The van der Waals surface area contributed by atoms with Crippen LogP contribution < -0.4 is 0 Å². The van der Waals surface area contributed by atoms with Gasteiger partial charge in [0.2, 0.25) is 0 Å². The molecule has 1 N–H and O–H groups in total. The molecular formula is C29H24O2. The topological polar surface area (TPSA) is 37.3 Å². The summed E-state index contributed by atoms with van der Waals surface area (Å²) in [5.74, 6) is -0.860. The number of hydrogen-bond acceptors (Lipinski definition) is 1. The lowest BCUT2D eigenvalue weighted by molar-refractivity contribution is -0.137. The Morgan fingerprint density at radius 3 is 2.45 bits per heavy atom. The molecule has 0 radical (unpaired) electrons. The van der Waals surface area contributed by atoms with Crippen LogP contribution in [0.4, 0.5) is 0 Å². The first-order valence-electron chi connectivity index (χ1n) is 11.0. The molecule has 0 spiro atoms. The standard InChI is InChI=1S/C29H24O2/c1-29(2)16-18-11-8-14-21-24(17-9-4-3-5-10-17)26-20-13-7-6-12-19(20)22(15-23(30)31)27(26)28(29)25(18)21/h3-14,22H,15-16H2,1-2H3,(H,30,31). The van der Waals surface area contributed by atoms with Gasteiger partial charge in [-0.3, -0.25) is 4.79 Å². The van der Waals surface area contributed by atoms with E-state index >= 15 is 0 Å². The number of carboxylic acid groups (broad SMARTS) is 1. The van der Waals surface area contributed by atoms with E-state index in [1.165, 1.54) is 49.7 Å². The zero-order valence-electron chi connectivity index (χ0n) is 17.8. The SMILES string of the molecule is CC1(C)Cc2cccc3c(-c4ccccc4)c4c(c1c23)C(CC(=O)O)c1ccccc1-4. The molecule has 4 aromatic rings. The van der Waals surface area contributed by atoms with E-state index in [0.717, 1.165) is 12.0 Å². The Hall–Kier alpha value is -3.39. The number of hydrogen-bond donors (Lipinski definition) is 1. The Balaban J connectivity index is 1.85. The summed E-state index contributed by atoms with van der Waals surface area (Å²) in [7, 11) is 0. The van der Waals surface area contributed by atoms with Crippen LogP contribution in [0.2, 0.25) is 0 Å². The second-order valence-electron chi connectivity index (χ2n) is 9.54. The summed E-state index contributed by atoms with van der Waals surface area (Å²) in [6, 6.07) is 25.7. The molecule has 4 aromatic carbocycles. The Labute approximate surface area is 182 Å². The van der Waals surface area contributed by atoms with Crippen molar-refractivity contribution in [1.82, 2.24) is 0 Å². The van der Waals surface area contributed by atoms with Crippen LogP contribution in [0.3, 0.4) is 0 Å². The molecule has 6 rings (SSSR count). The zero-order valence-corrected chi connectivity index (χ0v) is 17.8. The van der Waals surface area contributed by atoms with E-state index < -0.39 is 5.97 Å². The van der Waals surface area contributed by atoms with Gasteiger partial charge in [-0.2, -0.15) is 0 Å². The summed E-state index contributed by atoms with van der Waals surface area (Å²) in [4.78, 5) is 12.0. The van der Waals surface area contributed by atoms with Crippen LogP contribution in [0.25, 0.3) is 33.0 Å². The van der Waals surface area contributed by atoms with Crippen molar-refractivity contribution >= 4 is 16.7 Å². The van der Waals surface area contributed by atoms with E-state index in [0.29, 0.717) is 0 Å². The van der Waals surface area contributed by atoms with Gasteiger partial charge in [-0.25, -0.2) is 0 Å². The van der Waals surface area contributed by atoms with Crippen molar-refractivity contribution in [2.75, 3.05) is 0 Å². The molecule has 2 aliphatic rings. The fraction of sp³-hybridized carbons (Fsp3) is 0.207. The second kappa shape index (κ2) is 6.31. The summed E-state index contributed by atoms with van der Waals surface area (Å²) in [6.07, 6.45) is 1.11. The molecule has 0 saturated carbocycles. The molecule has 1 unspecified atom stereocenters. The third-order valence-electron chi connectivity index (χ3n) is 7.16. The van der Waals surface area contributed by atoms with Gasteiger partial charge in [0.15, 0.2) is 0 Å². The van der Waals surface area contributed by atoms with Gasteiger partial charge in [0.1, 0.15) is 0 Å². The minimum absolute atomic E-state index is 0.0277. The maximum atomic E-state index is 12.0. The lowest BCUT2D eigenvalue weighted by atomic mass is 9.76. The molecule has 2 aliphatic carbocycles. The fourth-order valence-electron chi connectivity index (χ4n) is 6.15. The van der Waals surface area contributed by atoms with Crippen LogP contribution in [0.5, 0.6) is 0 Å². The van der Waals surface area contributed by atoms with Gasteiger partial charge in [-0.15, -0.1) is 0 Å². The van der Waals surface area contributed by atoms with Crippen molar-refractivity contribution in [2.24, 2.45) is 0 Å². The Morgan fingerprint density at radius 1 is 0.935 bits per heavy atom. The summed E-state index contributed by atoms with van der Waals surface area (Å²) < 4.78 is 0. The van der Waals surface area contributed by atoms with Crippen LogP contribution in [-0.2, 0) is 16.6 Å². The van der Waals surface area contributed by atoms with Crippen LogP contribution >= 0.6 is 0 Å².